The molecule has 0 aromatic rings. The molecule has 0 spiro atoms. The van der Waals surface area contributed by atoms with Crippen LogP contribution in [0.4, 0.5) is 4.39 Å². The lowest BCUT2D eigenvalue weighted by molar-refractivity contribution is 0.290. The molecule has 1 nitrogen and oxygen atoms in total. The Balaban J connectivity index is 2.41. The molecular formula is C9H17FOSi. The summed E-state index contributed by atoms with van der Waals surface area (Å²) in [5, 5.41) is 0.984. The van der Waals surface area contributed by atoms with E-state index in [1.165, 1.54) is 6.42 Å². The molecule has 0 bridgehead atoms. The molecule has 0 amide bonds. The summed E-state index contributed by atoms with van der Waals surface area (Å²) in [5.41, 5.74) is 0. The highest BCUT2D eigenvalue weighted by Gasteiger charge is 2.20. The zero-order valence-electron chi connectivity index (χ0n) is 7.68. The predicted octanol–water partition coefficient (Wildman–Crippen LogP) is 2.71. The second kappa shape index (κ2) is 5.49. The van der Waals surface area contributed by atoms with E-state index in [-0.39, 0.29) is 0 Å². The van der Waals surface area contributed by atoms with E-state index in [9.17, 15) is 4.39 Å². The molecule has 0 radical (unpaired) electrons. The van der Waals surface area contributed by atoms with Crippen LogP contribution in [0.5, 0.6) is 0 Å². The van der Waals surface area contributed by atoms with Gasteiger partial charge in [-0.2, -0.15) is 0 Å². The largest absolute Gasteiger partial charge is 0.416 e. The van der Waals surface area contributed by atoms with E-state index < -0.39 is 9.04 Å². The molecule has 0 aromatic carbocycles. The minimum absolute atomic E-state index is 0.797. The average molecular weight is 188 g/mol. The highest BCUT2D eigenvalue weighted by molar-refractivity contribution is 6.60. The quantitative estimate of drug-likeness (QED) is 0.619. The summed E-state index contributed by atoms with van der Waals surface area (Å²) in [4.78, 5) is 0. The number of allylic oxidation sites excluding steroid dienone is 1. The monoisotopic (exact) mass is 188 g/mol. The van der Waals surface area contributed by atoms with Crippen molar-refractivity contribution in [3.8, 4) is 0 Å². The number of halogens is 1. The van der Waals surface area contributed by atoms with Crippen molar-refractivity contribution in [1.29, 1.82) is 0 Å². The number of hydrogen-bond donors (Lipinski definition) is 0. The Morgan fingerprint density at radius 1 is 1.58 bits per heavy atom. The summed E-state index contributed by atoms with van der Waals surface area (Å²) in [6.45, 7) is 2.94. The van der Waals surface area contributed by atoms with Crippen LogP contribution in [0.15, 0.2) is 11.5 Å². The van der Waals surface area contributed by atoms with Gasteiger partial charge in [0.15, 0.2) is 0 Å². The SMILES string of the molecule is CCC/C(=C/F)[SiH]1CCCCO1. The van der Waals surface area contributed by atoms with E-state index in [0.717, 1.165) is 43.4 Å². The Bertz CT molecular complexity index is 153. The second-order valence-corrected chi connectivity index (χ2v) is 5.92. The van der Waals surface area contributed by atoms with Gasteiger partial charge in [0.1, 0.15) is 0 Å². The third kappa shape index (κ3) is 2.72. The molecule has 1 atom stereocenters. The van der Waals surface area contributed by atoms with Crippen molar-refractivity contribution in [2.24, 2.45) is 0 Å². The summed E-state index contributed by atoms with van der Waals surface area (Å²) < 4.78 is 18.0. The van der Waals surface area contributed by atoms with Crippen molar-refractivity contribution in [2.75, 3.05) is 6.61 Å². The van der Waals surface area contributed by atoms with Crippen molar-refractivity contribution in [1.82, 2.24) is 0 Å². The first-order valence-electron chi connectivity index (χ1n) is 4.79. The van der Waals surface area contributed by atoms with Crippen molar-refractivity contribution >= 4 is 9.04 Å². The molecule has 70 valence electrons. The Kier molecular flexibility index (Phi) is 4.54. The molecule has 1 saturated heterocycles. The van der Waals surface area contributed by atoms with Crippen molar-refractivity contribution in [2.45, 2.75) is 38.7 Å². The maximum Gasteiger partial charge on any atom is 0.206 e. The highest BCUT2D eigenvalue weighted by atomic mass is 28.3. The van der Waals surface area contributed by atoms with Crippen molar-refractivity contribution < 1.29 is 8.82 Å². The summed E-state index contributed by atoms with van der Waals surface area (Å²) in [7, 11) is -1.27. The first-order chi connectivity index (χ1) is 5.88. The molecule has 1 fully saturated rings. The van der Waals surface area contributed by atoms with Crippen LogP contribution in [0.3, 0.4) is 0 Å². The fourth-order valence-electron chi connectivity index (χ4n) is 1.61. The molecule has 1 aliphatic rings. The highest BCUT2D eigenvalue weighted by Crippen LogP contribution is 2.20. The Morgan fingerprint density at radius 2 is 2.42 bits per heavy atom. The summed E-state index contributed by atoms with van der Waals surface area (Å²) in [6, 6.07) is 1.13. The van der Waals surface area contributed by atoms with Crippen LogP contribution < -0.4 is 0 Å². The molecule has 3 heteroatoms. The lowest BCUT2D eigenvalue weighted by atomic mass is 10.3. The van der Waals surface area contributed by atoms with E-state index in [1.54, 1.807) is 0 Å². The summed E-state index contributed by atoms with van der Waals surface area (Å²) >= 11 is 0. The van der Waals surface area contributed by atoms with Gasteiger partial charge in [-0.05, 0) is 24.1 Å². The van der Waals surface area contributed by atoms with Gasteiger partial charge in [0, 0.05) is 6.61 Å². The van der Waals surface area contributed by atoms with Gasteiger partial charge in [0.25, 0.3) is 0 Å². The van der Waals surface area contributed by atoms with Gasteiger partial charge >= 0.3 is 0 Å². The van der Waals surface area contributed by atoms with Crippen molar-refractivity contribution in [3.63, 3.8) is 0 Å². The van der Waals surface area contributed by atoms with Crippen LogP contribution in [0.1, 0.15) is 32.6 Å². The third-order valence-electron chi connectivity index (χ3n) is 2.27. The van der Waals surface area contributed by atoms with E-state index in [4.69, 9.17) is 4.43 Å². The van der Waals surface area contributed by atoms with Crippen LogP contribution in [0, 0.1) is 0 Å². The van der Waals surface area contributed by atoms with Gasteiger partial charge in [0.2, 0.25) is 9.04 Å². The minimum Gasteiger partial charge on any atom is -0.416 e. The normalized spacial score (nSPS) is 25.8. The topological polar surface area (TPSA) is 9.23 Å². The smallest absolute Gasteiger partial charge is 0.206 e. The molecule has 1 rings (SSSR count). The molecule has 0 saturated carbocycles. The summed E-state index contributed by atoms with van der Waals surface area (Å²) in [5.74, 6) is 0. The van der Waals surface area contributed by atoms with Gasteiger partial charge in [0.05, 0.1) is 6.33 Å². The van der Waals surface area contributed by atoms with Gasteiger partial charge in [-0.15, -0.1) is 0 Å². The fourth-order valence-corrected chi connectivity index (χ4v) is 4.22. The van der Waals surface area contributed by atoms with Gasteiger partial charge in [-0.3, -0.25) is 0 Å². The predicted molar refractivity (Wildman–Crippen MR) is 51.2 cm³/mol. The maximum absolute atomic E-state index is 12.4. The van der Waals surface area contributed by atoms with E-state index in [2.05, 4.69) is 6.92 Å². The fraction of sp³-hybridized carbons (Fsp3) is 0.778. The Labute approximate surface area is 75.3 Å². The molecule has 0 aliphatic carbocycles. The minimum atomic E-state index is -1.27. The first kappa shape index (κ1) is 9.93. The lowest BCUT2D eigenvalue weighted by Crippen LogP contribution is -2.25. The zero-order valence-corrected chi connectivity index (χ0v) is 8.84. The number of rotatable bonds is 3. The molecule has 1 heterocycles. The second-order valence-electron chi connectivity index (χ2n) is 3.29. The molecule has 1 unspecified atom stereocenters. The summed E-state index contributed by atoms with van der Waals surface area (Å²) in [6.07, 6.45) is 5.12. The molecule has 12 heavy (non-hydrogen) atoms. The standard InChI is InChI=1S/C9H17FOSi/c1-2-5-9(8-10)12-7-4-3-6-11-12/h8,12H,2-7H2,1H3/b9-8-. The van der Waals surface area contributed by atoms with Gasteiger partial charge < -0.3 is 4.43 Å². The van der Waals surface area contributed by atoms with Crippen molar-refractivity contribution in [3.05, 3.63) is 11.5 Å². The Morgan fingerprint density at radius 3 is 2.92 bits per heavy atom. The van der Waals surface area contributed by atoms with Crippen LogP contribution in [-0.4, -0.2) is 15.6 Å². The van der Waals surface area contributed by atoms with Crippen LogP contribution in [0.25, 0.3) is 0 Å². The molecule has 0 N–H and O–H groups in total. The van der Waals surface area contributed by atoms with E-state index in [1.807, 2.05) is 0 Å². The van der Waals surface area contributed by atoms with Gasteiger partial charge in [-0.25, -0.2) is 4.39 Å². The molecule has 0 aromatic heterocycles. The number of hydrogen-bond acceptors (Lipinski definition) is 1. The van der Waals surface area contributed by atoms with Gasteiger partial charge in [-0.1, -0.05) is 19.8 Å². The Hall–Kier alpha value is -0.153. The van der Waals surface area contributed by atoms with E-state index in [0.29, 0.717) is 0 Å². The van der Waals surface area contributed by atoms with Crippen LogP contribution >= 0.6 is 0 Å². The third-order valence-corrected chi connectivity index (χ3v) is 5.08. The molecule has 1 aliphatic heterocycles. The zero-order chi connectivity index (χ0) is 8.81. The maximum atomic E-state index is 12.4. The van der Waals surface area contributed by atoms with Crippen LogP contribution in [0.2, 0.25) is 6.04 Å². The lowest BCUT2D eigenvalue weighted by Gasteiger charge is -2.22. The van der Waals surface area contributed by atoms with Crippen LogP contribution in [-0.2, 0) is 4.43 Å². The molecular weight excluding hydrogens is 171 g/mol. The van der Waals surface area contributed by atoms with E-state index >= 15 is 0 Å². The first-order valence-corrected chi connectivity index (χ1v) is 6.65. The average Bonchev–Trinajstić information content (AvgIpc) is 2.15.